The maximum Gasteiger partial charge on any atom is 0.197 e. The van der Waals surface area contributed by atoms with Crippen LogP contribution in [0.15, 0.2) is 45.3 Å². The van der Waals surface area contributed by atoms with Crippen molar-refractivity contribution in [3.63, 3.8) is 0 Å². The van der Waals surface area contributed by atoms with Crippen molar-refractivity contribution in [3.05, 3.63) is 57.5 Å². The molecule has 1 saturated heterocycles. The number of nitrogens with zero attached hydrogens (tertiary/aromatic N) is 2. The van der Waals surface area contributed by atoms with Crippen LogP contribution in [0.25, 0.3) is 11.0 Å². The molecule has 0 unspecified atom stereocenters. The maximum absolute atomic E-state index is 12.9. The Kier molecular flexibility index (Phi) is 6.47. The minimum atomic E-state index is 0.0608. The molecule has 5 heteroatoms. The Balaban J connectivity index is 1.74. The molecule has 1 atom stereocenters. The van der Waals surface area contributed by atoms with Crippen LogP contribution in [0.2, 0.25) is 0 Å². The summed E-state index contributed by atoms with van der Waals surface area (Å²) in [7, 11) is 0. The van der Waals surface area contributed by atoms with E-state index in [0.717, 1.165) is 38.2 Å². The van der Waals surface area contributed by atoms with Gasteiger partial charge in [-0.05, 0) is 39.3 Å². The zero-order valence-corrected chi connectivity index (χ0v) is 16.6. The SMILES string of the molecule is CC(C)=CCN1CCN(Cc2coc3ccc(C)cc3c2=O)C[C@@H]1CCO. The van der Waals surface area contributed by atoms with Crippen molar-refractivity contribution in [3.8, 4) is 0 Å². The third kappa shape index (κ3) is 4.86. The highest BCUT2D eigenvalue weighted by Crippen LogP contribution is 2.17. The number of benzene rings is 1. The van der Waals surface area contributed by atoms with E-state index in [9.17, 15) is 9.90 Å². The van der Waals surface area contributed by atoms with Crippen LogP contribution in [0, 0.1) is 6.92 Å². The van der Waals surface area contributed by atoms with Gasteiger partial charge in [0.15, 0.2) is 5.43 Å². The van der Waals surface area contributed by atoms with E-state index in [1.807, 2.05) is 25.1 Å². The fourth-order valence-electron chi connectivity index (χ4n) is 3.70. The summed E-state index contributed by atoms with van der Waals surface area (Å²) in [4.78, 5) is 17.6. The molecule has 3 rings (SSSR count). The highest BCUT2D eigenvalue weighted by atomic mass is 16.3. The van der Waals surface area contributed by atoms with E-state index in [1.165, 1.54) is 5.57 Å². The molecule has 5 nitrogen and oxygen atoms in total. The van der Waals surface area contributed by atoms with Crippen LogP contribution in [0.1, 0.15) is 31.4 Å². The third-order valence-corrected chi connectivity index (χ3v) is 5.28. The molecule has 1 N–H and O–H groups in total. The lowest BCUT2D eigenvalue weighted by Gasteiger charge is -2.41. The standard InChI is InChI=1S/C22H30N2O3/c1-16(2)6-8-24-10-9-23(14-19(24)7-11-25)13-18-15-27-21-5-4-17(3)12-20(21)22(18)26/h4-6,12,15,19,25H,7-11,13-14H2,1-3H3/t19-/m0/s1. The zero-order chi connectivity index (χ0) is 19.4. The number of hydrogen-bond donors (Lipinski definition) is 1. The van der Waals surface area contributed by atoms with E-state index in [2.05, 4.69) is 29.7 Å². The van der Waals surface area contributed by atoms with Crippen molar-refractivity contribution in [2.24, 2.45) is 0 Å². The Hall–Kier alpha value is -1.95. The lowest BCUT2D eigenvalue weighted by atomic mass is 10.1. The van der Waals surface area contributed by atoms with E-state index in [-0.39, 0.29) is 12.0 Å². The van der Waals surface area contributed by atoms with Crippen LogP contribution >= 0.6 is 0 Å². The summed E-state index contributed by atoms with van der Waals surface area (Å²) in [5, 5.41) is 10.1. The van der Waals surface area contributed by atoms with Gasteiger partial charge in [-0.25, -0.2) is 0 Å². The van der Waals surface area contributed by atoms with Gasteiger partial charge in [0.05, 0.1) is 11.6 Å². The smallest absolute Gasteiger partial charge is 0.197 e. The Labute approximate surface area is 160 Å². The van der Waals surface area contributed by atoms with Crippen molar-refractivity contribution in [1.29, 1.82) is 0 Å². The quantitative estimate of drug-likeness (QED) is 0.793. The van der Waals surface area contributed by atoms with E-state index in [1.54, 1.807) is 6.26 Å². The Morgan fingerprint density at radius 2 is 2.15 bits per heavy atom. The molecule has 1 aliphatic heterocycles. The van der Waals surface area contributed by atoms with Crippen molar-refractivity contribution in [1.82, 2.24) is 9.80 Å². The zero-order valence-electron chi connectivity index (χ0n) is 16.6. The molecule has 2 aromatic rings. The summed E-state index contributed by atoms with van der Waals surface area (Å²) in [6.45, 7) is 10.6. The molecule has 2 heterocycles. The number of aliphatic hydroxyl groups is 1. The number of hydrogen-bond acceptors (Lipinski definition) is 5. The first-order valence-electron chi connectivity index (χ1n) is 9.69. The predicted molar refractivity (Wildman–Crippen MR) is 109 cm³/mol. The number of allylic oxidation sites excluding steroid dienone is 1. The molecule has 146 valence electrons. The molecule has 1 aromatic carbocycles. The summed E-state index contributed by atoms with van der Waals surface area (Å²) >= 11 is 0. The second-order valence-corrected chi connectivity index (χ2v) is 7.77. The average Bonchev–Trinajstić information content (AvgIpc) is 2.64. The Bertz CT molecular complexity index is 867. The first kappa shape index (κ1) is 19.8. The first-order chi connectivity index (χ1) is 13.0. The van der Waals surface area contributed by atoms with Crippen LogP contribution in [-0.2, 0) is 6.54 Å². The second kappa shape index (κ2) is 8.83. The van der Waals surface area contributed by atoms with Gasteiger partial charge in [0.25, 0.3) is 0 Å². The molecule has 0 saturated carbocycles. The van der Waals surface area contributed by atoms with Gasteiger partial charge in [0.1, 0.15) is 5.58 Å². The van der Waals surface area contributed by atoms with Gasteiger partial charge >= 0.3 is 0 Å². The molecular formula is C22H30N2O3. The summed E-state index contributed by atoms with van der Waals surface area (Å²) in [5.41, 5.74) is 3.77. The largest absolute Gasteiger partial charge is 0.464 e. The molecule has 0 bridgehead atoms. The van der Waals surface area contributed by atoms with Gasteiger partial charge in [-0.1, -0.05) is 23.3 Å². The van der Waals surface area contributed by atoms with Crippen LogP contribution < -0.4 is 5.43 Å². The number of fused-ring (bicyclic) bond motifs is 1. The minimum absolute atomic E-state index is 0.0608. The number of piperazine rings is 1. The second-order valence-electron chi connectivity index (χ2n) is 7.77. The van der Waals surface area contributed by atoms with E-state index >= 15 is 0 Å². The molecule has 0 amide bonds. The van der Waals surface area contributed by atoms with Crippen molar-refractivity contribution < 1.29 is 9.52 Å². The molecule has 0 radical (unpaired) electrons. The summed E-state index contributed by atoms with van der Waals surface area (Å²) < 4.78 is 5.70. The van der Waals surface area contributed by atoms with E-state index < -0.39 is 0 Å². The molecule has 27 heavy (non-hydrogen) atoms. The van der Waals surface area contributed by atoms with E-state index in [0.29, 0.717) is 29.1 Å². The van der Waals surface area contributed by atoms with Crippen LogP contribution in [0.5, 0.6) is 0 Å². The van der Waals surface area contributed by atoms with Crippen molar-refractivity contribution >= 4 is 11.0 Å². The maximum atomic E-state index is 12.9. The molecule has 0 spiro atoms. The van der Waals surface area contributed by atoms with Crippen molar-refractivity contribution in [2.45, 2.75) is 39.8 Å². The van der Waals surface area contributed by atoms with Gasteiger partial charge in [0, 0.05) is 50.9 Å². The average molecular weight is 370 g/mol. The van der Waals surface area contributed by atoms with Crippen LogP contribution in [0.3, 0.4) is 0 Å². The fourth-order valence-corrected chi connectivity index (χ4v) is 3.70. The van der Waals surface area contributed by atoms with Crippen LogP contribution in [0.4, 0.5) is 0 Å². The minimum Gasteiger partial charge on any atom is -0.464 e. The summed E-state index contributed by atoms with van der Waals surface area (Å²) in [5.74, 6) is 0. The first-order valence-corrected chi connectivity index (χ1v) is 9.69. The van der Waals surface area contributed by atoms with Gasteiger partial charge in [-0.15, -0.1) is 0 Å². The topological polar surface area (TPSA) is 56.9 Å². The molecular weight excluding hydrogens is 340 g/mol. The van der Waals surface area contributed by atoms with Gasteiger partial charge < -0.3 is 9.52 Å². The molecule has 0 aliphatic carbocycles. The fraction of sp³-hybridized carbons (Fsp3) is 0.500. The van der Waals surface area contributed by atoms with E-state index in [4.69, 9.17) is 4.42 Å². The number of aliphatic hydroxyl groups excluding tert-OH is 1. The Morgan fingerprint density at radius 1 is 1.33 bits per heavy atom. The normalized spacial score (nSPS) is 18.7. The molecule has 1 aliphatic rings. The monoisotopic (exact) mass is 370 g/mol. The number of rotatable bonds is 6. The van der Waals surface area contributed by atoms with Crippen LogP contribution in [-0.4, -0.2) is 53.7 Å². The molecule has 1 aromatic heterocycles. The highest BCUT2D eigenvalue weighted by molar-refractivity contribution is 5.77. The van der Waals surface area contributed by atoms with Gasteiger partial charge in [-0.2, -0.15) is 0 Å². The third-order valence-electron chi connectivity index (χ3n) is 5.28. The van der Waals surface area contributed by atoms with Gasteiger partial charge in [-0.3, -0.25) is 14.6 Å². The number of aryl methyl sites for hydroxylation is 1. The summed E-state index contributed by atoms with van der Waals surface area (Å²) in [6.07, 6.45) is 4.59. The Morgan fingerprint density at radius 3 is 2.89 bits per heavy atom. The van der Waals surface area contributed by atoms with Crippen molar-refractivity contribution in [2.75, 3.05) is 32.8 Å². The molecule has 1 fully saturated rings. The highest BCUT2D eigenvalue weighted by Gasteiger charge is 2.26. The lowest BCUT2D eigenvalue weighted by Crippen LogP contribution is -2.53. The van der Waals surface area contributed by atoms with Gasteiger partial charge in [0.2, 0.25) is 0 Å². The summed E-state index contributed by atoms with van der Waals surface area (Å²) in [6, 6.07) is 6.01. The predicted octanol–water partition coefficient (Wildman–Crippen LogP) is 2.94. The lowest BCUT2D eigenvalue weighted by molar-refractivity contribution is 0.0633.